The Morgan fingerprint density at radius 2 is 1.89 bits per heavy atom. The van der Waals surface area contributed by atoms with Gasteiger partial charge in [-0.3, -0.25) is 14.8 Å². The lowest BCUT2D eigenvalue weighted by atomic mass is 10.3. The highest BCUT2D eigenvalue weighted by Gasteiger charge is 2.03. The van der Waals surface area contributed by atoms with Gasteiger partial charge in [0.05, 0.1) is 11.5 Å². The Balaban J connectivity index is 1.75. The lowest BCUT2D eigenvalue weighted by Crippen LogP contribution is -2.19. The monoisotopic (exact) mass is 247 g/mol. The van der Waals surface area contributed by atoms with E-state index in [1.807, 2.05) is 29.2 Å². The van der Waals surface area contributed by atoms with Crippen molar-refractivity contribution < 1.29 is 9.66 Å². The Morgan fingerprint density at radius 3 is 2.50 bits per heavy atom. The lowest BCUT2D eigenvalue weighted by molar-refractivity contribution is -0.384. The fourth-order valence-corrected chi connectivity index (χ4v) is 1.45. The molecule has 6 nitrogen and oxygen atoms in total. The fourth-order valence-electron chi connectivity index (χ4n) is 1.45. The van der Waals surface area contributed by atoms with Gasteiger partial charge in [-0.05, 0) is 24.3 Å². The van der Waals surface area contributed by atoms with Crippen LogP contribution in [0.4, 0.5) is 5.69 Å². The summed E-state index contributed by atoms with van der Waals surface area (Å²) in [5, 5.41) is 10.5. The molecule has 0 fully saturated rings. The van der Waals surface area contributed by atoms with Crippen molar-refractivity contribution in [1.29, 1.82) is 0 Å². The number of nitro groups is 1. The molecule has 0 saturated carbocycles. The van der Waals surface area contributed by atoms with E-state index in [2.05, 4.69) is 5.43 Å². The van der Waals surface area contributed by atoms with Crippen LogP contribution in [0, 0.1) is 10.1 Å². The van der Waals surface area contributed by atoms with Crippen LogP contribution in [0.2, 0.25) is 0 Å². The second-order valence-corrected chi connectivity index (χ2v) is 3.60. The maximum atomic E-state index is 10.5. The smallest absolute Gasteiger partial charge is 0.269 e. The van der Waals surface area contributed by atoms with E-state index in [0.717, 1.165) is 0 Å². The van der Waals surface area contributed by atoms with Crippen molar-refractivity contribution in [3.63, 3.8) is 0 Å². The van der Waals surface area contributed by atoms with Crippen LogP contribution < -0.4 is 10.2 Å². The SMILES string of the molecule is O=[N+]([O-])c1ccc(OCCNn2cccc2)cc1. The third-order valence-electron chi connectivity index (χ3n) is 2.32. The minimum absolute atomic E-state index is 0.0628. The van der Waals surface area contributed by atoms with Crippen LogP contribution in [0.5, 0.6) is 5.75 Å². The highest BCUT2D eigenvalue weighted by molar-refractivity contribution is 5.35. The van der Waals surface area contributed by atoms with Crippen LogP contribution in [-0.2, 0) is 0 Å². The summed E-state index contributed by atoms with van der Waals surface area (Å²) in [6.07, 6.45) is 3.79. The molecule has 1 aromatic carbocycles. The molecule has 0 atom stereocenters. The zero-order valence-electron chi connectivity index (χ0n) is 9.65. The van der Waals surface area contributed by atoms with Gasteiger partial charge in [0.25, 0.3) is 5.69 Å². The number of nitrogens with one attached hydrogen (secondary N) is 1. The van der Waals surface area contributed by atoms with Gasteiger partial charge in [-0.1, -0.05) is 0 Å². The predicted octanol–water partition coefficient (Wildman–Crippen LogP) is 2.02. The molecule has 0 saturated heterocycles. The number of nitro benzene ring substituents is 1. The molecule has 0 bridgehead atoms. The molecule has 94 valence electrons. The van der Waals surface area contributed by atoms with Gasteiger partial charge < -0.3 is 10.2 Å². The van der Waals surface area contributed by atoms with Crippen LogP contribution in [0.15, 0.2) is 48.8 Å². The number of rotatable bonds is 6. The maximum Gasteiger partial charge on any atom is 0.269 e. The largest absolute Gasteiger partial charge is 0.492 e. The summed E-state index contributed by atoms with van der Waals surface area (Å²) in [7, 11) is 0. The summed E-state index contributed by atoms with van der Waals surface area (Å²) < 4.78 is 7.27. The van der Waals surface area contributed by atoms with Crippen LogP contribution >= 0.6 is 0 Å². The Bertz CT molecular complexity index is 494. The fraction of sp³-hybridized carbons (Fsp3) is 0.167. The molecule has 18 heavy (non-hydrogen) atoms. The number of nitrogens with zero attached hydrogens (tertiary/aromatic N) is 2. The summed E-state index contributed by atoms with van der Waals surface area (Å²) in [6, 6.07) is 9.87. The van der Waals surface area contributed by atoms with Gasteiger partial charge in [0.15, 0.2) is 0 Å². The van der Waals surface area contributed by atoms with E-state index in [1.165, 1.54) is 12.1 Å². The van der Waals surface area contributed by atoms with Crippen LogP contribution in [-0.4, -0.2) is 22.8 Å². The first-order valence-electron chi connectivity index (χ1n) is 5.50. The molecule has 6 heteroatoms. The number of aromatic nitrogens is 1. The number of non-ortho nitro benzene ring substituents is 1. The summed E-state index contributed by atoms with van der Waals surface area (Å²) in [5.41, 5.74) is 3.17. The quantitative estimate of drug-likeness (QED) is 0.481. The van der Waals surface area contributed by atoms with Gasteiger partial charge in [0, 0.05) is 24.5 Å². The normalized spacial score (nSPS) is 10.0. The molecular weight excluding hydrogens is 234 g/mol. The summed E-state index contributed by atoms with van der Waals surface area (Å²) >= 11 is 0. The van der Waals surface area contributed by atoms with E-state index in [0.29, 0.717) is 18.9 Å². The summed E-state index contributed by atoms with van der Waals surface area (Å²) in [5.74, 6) is 0.620. The second kappa shape index (κ2) is 5.72. The molecular formula is C12H13N3O3. The van der Waals surface area contributed by atoms with Gasteiger partial charge in [0.2, 0.25) is 0 Å². The standard InChI is InChI=1S/C12H13N3O3/c16-15(17)11-3-5-12(6-4-11)18-10-7-13-14-8-1-2-9-14/h1-6,8-9,13H,7,10H2. The van der Waals surface area contributed by atoms with Gasteiger partial charge >= 0.3 is 0 Å². The maximum absolute atomic E-state index is 10.5. The molecule has 0 unspecified atom stereocenters. The van der Waals surface area contributed by atoms with E-state index >= 15 is 0 Å². The first kappa shape index (κ1) is 12.0. The Labute approximate surface area is 104 Å². The Kier molecular flexibility index (Phi) is 3.80. The predicted molar refractivity (Wildman–Crippen MR) is 67.3 cm³/mol. The third-order valence-corrected chi connectivity index (χ3v) is 2.32. The molecule has 0 aliphatic carbocycles. The molecule has 2 rings (SSSR count). The Morgan fingerprint density at radius 1 is 1.22 bits per heavy atom. The number of hydrogen-bond acceptors (Lipinski definition) is 4. The molecule has 2 aromatic rings. The van der Waals surface area contributed by atoms with Crippen molar-refractivity contribution in [3.8, 4) is 5.75 Å². The molecule has 0 amide bonds. The number of hydrogen-bond donors (Lipinski definition) is 1. The lowest BCUT2D eigenvalue weighted by Gasteiger charge is -2.09. The van der Waals surface area contributed by atoms with Gasteiger partial charge in [0.1, 0.15) is 12.4 Å². The van der Waals surface area contributed by atoms with Gasteiger partial charge in [-0.15, -0.1) is 0 Å². The van der Waals surface area contributed by atoms with Crippen molar-refractivity contribution in [1.82, 2.24) is 4.68 Å². The minimum Gasteiger partial charge on any atom is -0.492 e. The molecule has 1 N–H and O–H groups in total. The number of benzene rings is 1. The first-order chi connectivity index (χ1) is 8.75. The van der Waals surface area contributed by atoms with E-state index in [4.69, 9.17) is 4.74 Å². The second-order valence-electron chi connectivity index (χ2n) is 3.60. The van der Waals surface area contributed by atoms with Gasteiger partial charge in [-0.2, -0.15) is 0 Å². The van der Waals surface area contributed by atoms with Crippen molar-refractivity contribution in [2.24, 2.45) is 0 Å². The Hall–Kier alpha value is -2.50. The van der Waals surface area contributed by atoms with Crippen LogP contribution in [0.1, 0.15) is 0 Å². The first-order valence-corrected chi connectivity index (χ1v) is 5.50. The molecule has 0 aliphatic rings. The van der Waals surface area contributed by atoms with Crippen LogP contribution in [0.3, 0.4) is 0 Å². The summed E-state index contributed by atoms with van der Waals surface area (Å²) in [4.78, 5) is 10.0. The third kappa shape index (κ3) is 3.24. The highest BCUT2D eigenvalue weighted by atomic mass is 16.6. The highest BCUT2D eigenvalue weighted by Crippen LogP contribution is 2.16. The zero-order valence-corrected chi connectivity index (χ0v) is 9.65. The molecule has 0 spiro atoms. The van der Waals surface area contributed by atoms with E-state index < -0.39 is 4.92 Å². The molecule has 1 heterocycles. The molecule has 1 aromatic heterocycles. The minimum atomic E-state index is -0.433. The van der Waals surface area contributed by atoms with E-state index in [9.17, 15) is 10.1 Å². The van der Waals surface area contributed by atoms with E-state index in [-0.39, 0.29) is 5.69 Å². The summed E-state index contributed by atoms with van der Waals surface area (Å²) in [6.45, 7) is 1.13. The van der Waals surface area contributed by atoms with Crippen molar-refractivity contribution >= 4 is 5.69 Å². The van der Waals surface area contributed by atoms with Crippen molar-refractivity contribution in [3.05, 3.63) is 58.9 Å². The average Bonchev–Trinajstić information content (AvgIpc) is 2.88. The number of ether oxygens (including phenoxy) is 1. The van der Waals surface area contributed by atoms with E-state index in [1.54, 1.807) is 12.1 Å². The van der Waals surface area contributed by atoms with Gasteiger partial charge in [-0.25, -0.2) is 0 Å². The molecule has 0 radical (unpaired) electrons. The van der Waals surface area contributed by atoms with Crippen LogP contribution in [0.25, 0.3) is 0 Å². The van der Waals surface area contributed by atoms with Crippen molar-refractivity contribution in [2.45, 2.75) is 0 Å². The average molecular weight is 247 g/mol. The van der Waals surface area contributed by atoms with Crippen molar-refractivity contribution in [2.75, 3.05) is 18.6 Å². The molecule has 0 aliphatic heterocycles. The zero-order chi connectivity index (χ0) is 12.8. The topological polar surface area (TPSA) is 69.3 Å².